The zero-order chi connectivity index (χ0) is 16.4. The number of amides is 1. The Morgan fingerprint density at radius 2 is 2.30 bits per heavy atom. The predicted molar refractivity (Wildman–Crippen MR) is 85.9 cm³/mol. The summed E-state index contributed by atoms with van der Waals surface area (Å²) in [4.78, 5) is 26.0. The largest absolute Gasteiger partial charge is 0.358 e. The van der Waals surface area contributed by atoms with Crippen molar-refractivity contribution in [2.24, 2.45) is 0 Å². The maximum Gasteiger partial charge on any atom is 0.270 e. The summed E-state index contributed by atoms with van der Waals surface area (Å²) in [5.74, 6) is -0.146. The number of benzene rings is 1. The predicted octanol–water partition coefficient (Wildman–Crippen LogP) is 1.89. The standard InChI is InChI=1S/C13H12N6O3S/c1-14-12(20)7-18-6-8(5-15-18)16-13-17-10-3-2-9(19(21)22)4-11(10)23-13/h2-6H,7H2,1H3,(H,14,20)(H,16,17). The average molecular weight is 332 g/mol. The van der Waals surface area contributed by atoms with Crippen molar-refractivity contribution in [3.05, 3.63) is 40.7 Å². The number of anilines is 2. The number of nitrogens with one attached hydrogen (secondary N) is 2. The maximum absolute atomic E-state index is 11.3. The first-order valence-electron chi connectivity index (χ1n) is 6.60. The summed E-state index contributed by atoms with van der Waals surface area (Å²) in [6, 6.07) is 4.53. The molecule has 0 saturated carbocycles. The van der Waals surface area contributed by atoms with Gasteiger partial charge in [-0.25, -0.2) is 4.98 Å². The molecule has 0 saturated heterocycles. The Balaban J connectivity index is 1.79. The van der Waals surface area contributed by atoms with Crippen molar-refractivity contribution < 1.29 is 9.72 Å². The number of hydrogen-bond acceptors (Lipinski definition) is 7. The number of nitrogens with zero attached hydrogens (tertiary/aromatic N) is 4. The van der Waals surface area contributed by atoms with Crippen molar-refractivity contribution in [1.29, 1.82) is 0 Å². The molecule has 0 fully saturated rings. The minimum Gasteiger partial charge on any atom is -0.358 e. The molecule has 0 unspecified atom stereocenters. The molecule has 0 bridgehead atoms. The lowest BCUT2D eigenvalue weighted by Gasteiger charge is -1.99. The molecule has 1 aromatic carbocycles. The molecule has 2 heterocycles. The molecular formula is C13H12N6O3S. The molecule has 10 heteroatoms. The molecule has 2 aromatic heterocycles. The number of nitro groups is 1. The molecule has 9 nitrogen and oxygen atoms in total. The first-order valence-corrected chi connectivity index (χ1v) is 7.42. The van der Waals surface area contributed by atoms with Crippen LogP contribution in [0, 0.1) is 10.1 Å². The lowest BCUT2D eigenvalue weighted by molar-refractivity contribution is -0.384. The highest BCUT2D eigenvalue weighted by Gasteiger charge is 2.11. The van der Waals surface area contributed by atoms with Gasteiger partial charge in [-0.1, -0.05) is 11.3 Å². The molecule has 0 aliphatic heterocycles. The van der Waals surface area contributed by atoms with Crippen LogP contribution in [0.2, 0.25) is 0 Å². The number of carbonyl (C=O) groups is 1. The van der Waals surface area contributed by atoms with Crippen LogP contribution in [0.1, 0.15) is 0 Å². The molecule has 0 aliphatic carbocycles. The number of carbonyl (C=O) groups excluding carboxylic acids is 1. The lowest BCUT2D eigenvalue weighted by Crippen LogP contribution is -2.23. The summed E-state index contributed by atoms with van der Waals surface area (Å²) in [6.07, 6.45) is 3.27. The Kier molecular flexibility index (Phi) is 3.89. The summed E-state index contributed by atoms with van der Waals surface area (Å²) in [7, 11) is 1.56. The second-order valence-electron chi connectivity index (χ2n) is 4.65. The number of nitro benzene ring substituents is 1. The van der Waals surface area contributed by atoms with Crippen LogP contribution in [0.3, 0.4) is 0 Å². The van der Waals surface area contributed by atoms with E-state index >= 15 is 0 Å². The van der Waals surface area contributed by atoms with E-state index in [1.807, 2.05) is 0 Å². The minimum atomic E-state index is -0.435. The number of aromatic nitrogens is 3. The van der Waals surface area contributed by atoms with Crippen molar-refractivity contribution in [1.82, 2.24) is 20.1 Å². The van der Waals surface area contributed by atoms with E-state index in [1.165, 1.54) is 28.2 Å². The third-order valence-electron chi connectivity index (χ3n) is 3.05. The molecule has 0 radical (unpaired) electrons. The molecule has 2 N–H and O–H groups in total. The van der Waals surface area contributed by atoms with E-state index in [-0.39, 0.29) is 18.1 Å². The number of thiazole rings is 1. The van der Waals surface area contributed by atoms with E-state index in [4.69, 9.17) is 0 Å². The number of rotatable bonds is 5. The molecule has 0 atom stereocenters. The molecule has 1 amide bonds. The van der Waals surface area contributed by atoms with Crippen molar-refractivity contribution in [2.75, 3.05) is 12.4 Å². The van der Waals surface area contributed by atoms with Gasteiger partial charge in [0.1, 0.15) is 6.54 Å². The third-order valence-corrected chi connectivity index (χ3v) is 3.99. The smallest absolute Gasteiger partial charge is 0.270 e. The number of hydrogen-bond donors (Lipinski definition) is 2. The first kappa shape index (κ1) is 14.9. The fourth-order valence-corrected chi connectivity index (χ4v) is 2.86. The number of non-ortho nitro benzene ring substituents is 1. The Bertz CT molecular complexity index is 887. The van der Waals surface area contributed by atoms with Crippen LogP contribution >= 0.6 is 11.3 Å². The molecule has 0 aliphatic rings. The summed E-state index contributed by atoms with van der Waals surface area (Å²) < 4.78 is 2.22. The fourth-order valence-electron chi connectivity index (χ4n) is 1.94. The number of likely N-dealkylation sites (N-methyl/N-ethyl adjacent to an activating group) is 1. The molecular weight excluding hydrogens is 320 g/mol. The van der Waals surface area contributed by atoms with E-state index in [0.717, 1.165) is 4.70 Å². The van der Waals surface area contributed by atoms with Crippen molar-refractivity contribution in [2.45, 2.75) is 6.54 Å². The summed E-state index contributed by atoms with van der Waals surface area (Å²) >= 11 is 1.31. The average Bonchev–Trinajstić information content (AvgIpc) is 3.12. The van der Waals surface area contributed by atoms with Crippen LogP contribution in [0.4, 0.5) is 16.5 Å². The van der Waals surface area contributed by atoms with Crippen LogP contribution in [-0.4, -0.2) is 32.6 Å². The monoisotopic (exact) mass is 332 g/mol. The Labute approximate surface area is 134 Å². The van der Waals surface area contributed by atoms with Crippen molar-refractivity contribution in [3.8, 4) is 0 Å². The van der Waals surface area contributed by atoms with Crippen LogP contribution < -0.4 is 10.6 Å². The van der Waals surface area contributed by atoms with E-state index < -0.39 is 4.92 Å². The minimum absolute atomic E-state index is 0.0334. The summed E-state index contributed by atoms with van der Waals surface area (Å²) in [5.41, 5.74) is 1.40. The van der Waals surface area contributed by atoms with Gasteiger partial charge in [0.15, 0.2) is 5.13 Å². The van der Waals surface area contributed by atoms with Gasteiger partial charge in [-0.3, -0.25) is 19.6 Å². The third kappa shape index (κ3) is 3.26. The van der Waals surface area contributed by atoms with E-state index in [9.17, 15) is 14.9 Å². The lowest BCUT2D eigenvalue weighted by atomic mass is 10.3. The molecule has 0 spiro atoms. The van der Waals surface area contributed by atoms with E-state index in [2.05, 4.69) is 20.7 Å². The van der Waals surface area contributed by atoms with E-state index in [0.29, 0.717) is 16.3 Å². The van der Waals surface area contributed by atoms with Gasteiger partial charge >= 0.3 is 0 Å². The maximum atomic E-state index is 11.3. The molecule has 3 aromatic rings. The zero-order valence-electron chi connectivity index (χ0n) is 12.0. The Hall–Kier alpha value is -3.01. The fraction of sp³-hybridized carbons (Fsp3) is 0.154. The second kappa shape index (κ2) is 6.01. The highest BCUT2D eigenvalue weighted by Crippen LogP contribution is 2.30. The van der Waals surface area contributed by atoms with Gasteiger partial charge in [0.2, 0.25) is 5.91 Å². The zero-order valence-corrected chi connectivity index (χ0v) is 12.8. The van der Waals surface area contributed by atoms with Crippen molar-refractivity contribution >= 4 is 44.0 Å². The summed E-state index contributed by atoms with van der Waals surface area (Å²) in [6.45, 7) is 0.129. The summed E-state index contributed by atoms with van der Waals surface area (Å²) in [5, 5.41) is 21.1. The normalized spacial score (nSPS) is 10.7. The first-order chi connectivity index (χ1) is 11.0. The van der Waals surface area contributed by atoms with Crippen LogP contribution in [0.5, 0.6) is 0 Å². The molecule has 3 rings (SSSR count). The van der Waals surface area contributed by atoms with Gasteiger partial charge < -0.3 is 10.6 Å². The van der Waals surface area contributed by atoms with Gasteiger partial charge in [-0.15, -0.1) is 0 Å². The van der Waals surface area contributed by atoms with Crippen LogP contribution in [0.15, 0.2) is 30.6 Å². The van der Waals surface area contributed by atoms with Gasteiger partial charge in [0.05, 0.1) is 27.0 Å². The van der Waals surface area contributed by atoms with Crippen LogP contribution in [0.25, 0.3) is 10.2 Å². The Morgan fingerprint density at radius 3 is 3.04 bits per heavy atom. The Morgan fingerprint density at radius 1 is 1.48 bits per heavy atom. The molecule has 23 heavy (non-hydrogen) atoms. The van der Waals surface area contributed by atoms with Crippen molar-refractivity contribution in [3.63, 3.8) is 0 Å². The second-order valence-corrected chi connectivity index (χ2v) is 5.68. The SMILES string of the molecule is CNC(=O)Cn1cc(Nc2nc3ccc([N+](=O)[O-])cc3s2)cn1. The van der Waals surface area contributed by atoms with Gasteiger partial charge in [-0.2, -0.15) is 5.10 Å². The van der Waals surface area contributed by atoms with Crippen LogP contribution in [-0.2, 0) is 11.3 Å². The van der Waals surface area contributed by atoms with E-state index in [1.54, 1.807) is 25.5 Å². The van der Waals surface area contributed by atoms with Gasteiger partial charge in [0, 0.05) is 25.4 Å². The topological polar surface area (TPSA) is 115 Å². The van der Waals surface area contributed by atoms with Gasteiger partial charge in [0.25, 0.3) is 5.69 Å². The highest BCUT2D eigenvalue weighted by atomic mass is 32.1. The quantitative estimate of drug-likeness (QED) is 0.544. The highest BCUT2D eigenvalue weighted by molar-refractivity contribution is 7.22. The number of fused-ring (bicyclic) bond motifs is 1. The van der Waals surface area contributed by atoms with Gasteiger partial charge in [-0.05, 0) is 6.07 Å². The molecule has 118 valence electrons.